The molecule has 0 bridgehead atoms. The predicted octanol–water partition coefficient (Wildman–Crippen LogP) is 1.02. The van der Waals surface area contributed by atoms with Crippen LogP contribution in [0.15, 0.2) is 47.7 Å². The molecule has 2 N–H and O–H groups in total. The first kappa shape index (κ1) is 10.1. The normalized spacial score (nSPS) is 9.75. The lowest BCUT2D eigenvalue weighted by atomic mass is 10.2. The predicted molar refractivity (Wildman–Crippen MR) is 59.3 cm³/mol. The molecule has 0 aliphatic heterocycles. The van der Waals surface area contributed by atoms with Crippen LogP contribution in [0, 0.1) is 0 Å². The lowest BCUT2D eigenvalue weighted by Gasteiger charge is -2.03. The third-order valence-electron chi connectivity index (χ3n) is 1.98. The maximum absolute atomic E-state index is 11.7. The monoisotopic (exact) mass is 215 g/mol. The van der Waals surface area contributed by atoms with Gasteiger partial charge in [-0.15, -0.1) is 0 Å². The van der Waals surface area contributed by atoms with Gasteiger partial charge in [0.25, 0.3) is 5.91 Å². The summed E-state index contributed by atoms with van der Waals surface area (Å²) in [4.78, 5) is 28.8. The number of rotatable bonds is 2. The van der Waals surface area contributed by atoms with Crippen molar-refractivity contribution in [3.8, 4) is 0 Å². The SMILES string of the molecule is O=C(Nc1ccc(=O)[nH]c1)c1ccncc1. The molecule has 0 radical (unpaired) electrons. The van der Waals surface area contributed by atoms with Crippen LogP contribution in [0.1, 0.15) is 10.4 Å². The van der Waals surface area contributed by atoms with E-state index in [0.29, 0.717) is 11.3 Å². The number of H-pyrrole nitrogens is 1. The zero-order valence-electron chi connectivity index (χ0n) is 8.31. The van der Waals surface area contributed by atoms with E-state index >= 15 is 0 Å². The van der Waals surface area contributed by atoms with E-state index in [1.807, 2.05) is 0 Å². The zero-order chi connectivity index (χ0) is 11.4. The number of carbonyl (C=O) groups excluding carboxylic acids is 1. The zero-order valence-corrected chi connectivity index (χ0v) is 8.31. The van der Waals surface area contributed by atoms with Crippen LogP contribution in [-0.2, 0) is 0 Å². The minimum absolute atomic E-state index is 0.207. The molecule has 0 aliphatic rings. The number of hydrogen-bond acceptors (Lipinski definition) is 3. The van der Waals surface area contributed by atoms with Gasteiger partial charge in [0, 0.05) is 30.2 Å². The number of carbonyl (C=O) groups is 1. The fourth-order valence-corrected chi connectivity index (χ4v) is 1.19. The maximum atomic E-state index is 11.7. The van der Waals surface area contributed by atoms with Gasteiger partial charge in [-0.25, -0.2) is 0 Å². The van der Waals surface area contributed by atoms with Gasteiger partial charge < -0.3 is 10.3 Å². The van der Waals surface area contributed by atoms with E-state index in [-0.39, 0.29) is 11.5 Å². The summed E-state index contributed by atoms with van der Waals surface area (Å²) in [5.74, 6) is -0.241. The van der Waals surface area contributed by atoms with E-state index in [0.717, 1.165) is 0 Å². The molecule has 2 aromatic rings. The minimum Gasteiger partial charge on any atom is -0.327 e. The number of aromatic nitrogens is 2. The molecule has 0 unspecified atom stereocenters. The van der Waals surface area contributed by atoms with Crippen LogP contribution in [0.4, 0.5) is 5.69 Å². The largest absolute Gasteiger partial charge is 0.327 e. The van der Waals surface area contributed by atoms with Crippen LogP contribution in [0.2, 0.25) is 0 Å². The second-order valence-electron chi connectivity index (χ2n) is 3.13. The standard InChI is InChI=1S/C11H9N3O2/c15-10-2-1-9(7-13-10)14-11(16)8-3-5-12-6-4-8/h1-7H,(H,13,15)(H,14,16). The van der Waals surface area contributed by atoms with E-state index in [1.165, 1.54) is 18.3 Å². The Morgan fingerprint density at radius 1 is 1.19 bits per heavy atom. The molecular formula is C11H9N3O2. The second-order valence-corrected chi connectivity index (χ2v) is 3.13. The summed E-state index contributed by atoms with van der Waals surface area (Å²) in [7, 11) is 0. The van der Waals surface area contributed by atoms with Crippen molar-refractivity contribution in [1.82, 2.24) is 9.97 Å². The summed E-state index contributed by atoms with van der Waals surface area (Å²) >= 11 is 0. The molecule has 0 fully saturated rings. The van der Waals surface area contributed by atoms with Crippen molar-refractivity contribution in [3.05, 3.63) is 58.8 Å². The molecule has 0 atom stereocenters. The lowest BCUT2D eigenvalue weighted by molar-refractivity contribution is 0.102. The molecule has 2 heterocycles. The Balaban J connectivity index is 2.14. The van der Waals surface area contributed by atoms with Gasteiger partial charge in [0.15, 0.2) is 0 Å². The smallest absolute Gasteiger partial charge is 0.255 e. The highest BCUT2D eigenvalue weighted by atomic mass is 16.1. The highest BCUT2D eigenvalue weighted by molar-refractivity contribution is 6.03. The summed E-state index contributed by atoms with van der Waals surface area (Å²) in [6, 6.07) is 6.11. The Kier molecular flexibility index (Phi) is 2.77. The highest BCUT2D eigenvalue weighted by Crippen LogP contribution is 2.04. The second kappa shape index (κ2) is 4.39. The average Bonchev–Trinajstić information content (AvgIpc) is 2.33. The van der Waals surface area contributed by atoms with E-state index < -0.39 is 0 Å². The van der Waals surface area contributed by atoms with E-state index in [1.54, 1.807) is 24.5 Å². The van der Waals surface area contributed by atoms with Crippen LogP contribution in [-0.4, -0.2) is 15.9 Å². The van der Waals surface area contributed by atoms with Crippen molar-refractivity contribution in [3.63, 3.8) is 0 Å². The first-order valence-corrected chi connectivity index (χ1v) is 4.66. The van der Waals surface area contributed by atoms with E-state index in [9.17, 15) is 9.59 Å². The molecule has 5 heteroatoms. The first-order chi connectivity index (χ1) is 7.75. The third kappa shape index (κ3) is 2.33. The Hall–Kier alpha value is -2.43. The molecule has 0 spiro atoms. The van der Waals surface area contributed by atoms with Gasteiger partial charge in [-0.3, -0.25) is 14.6 Å². The quantitative estimate of drug-likeness (QED) is 0.785. The van der Waals surface area contributed by atoms with Gasteiger partial charge in [0.1, 0.15) is 0 Å². The van der Waals surface area contributed by atoms with Gasteiger partial charge in [-0.05, 0) is 18.2 Å². The first-order valence-electron chi connectivity index (χ1n) is 4.66. The maximum Gasteiger partial charge on any atom is 0.255 e. The highest BCUT2D eigenvalue weighted by Gasteiger charge is 2.04. The van der Waals surface area contributed by atoms with E-state index in [4.69, 9.17) is 0 Å². The van der Waals surface area contributed by atoms with Crippen molar-refractivity contribution >= 4 is 11.6 Å². The van der Waals surface area contributed by atoms with Crippen molar-refractivity contribution in [2.24, 2.45) is 0 Å². The summed E-state index contributed by atoms with van der Waals surface area (Å²) in [6.07, 6.45) is 4.53. The Labute approximate surface area is 91.2 Å². The van der Waals surface area contributed by atoms with Crippen LogP contribution in [0.5, 0.6) is 0 Å². The van der Waals surface area contributed by atoms with Crippen LogP contribution < -0.4 is 10.9 Å². The number of nitrogens with one attached hydrogen (secondary N) is 2. The number of anilines is 1. The molecule has 80 valence electrons. The molecule has 2 rings (SSSR count). The molecule has 16 heavy (non-hydrogen) atoms. The van der Waals surface area contributed by atoms with Crippen molar-refractivity contribution in [1.29, 1.82) is 0 Å². The molecule has 5 nitrogen and oxygen atoms in total. The van der Waals surface area contributed by atoms with Gasteiger partial charge in [0.05, 0.1) is 5.69 Å². The van der Waals surface area contributed by atoms with Crippen molar-refractivity contribution in [2.75, 3.05) is 5.32 Å². The van der Waals surface area contributed by atoms with Gasteiger partial charge in [0.2, 0.25) is 5.56 Å². The summed E-state index contributed by atoms with van der Waals surface area (Å²) in [6.45, 7) is 0. The van der Waals surface area contributed by atoms with Crippen LogP contribution in [0.3, 0.4) is 0 Å². The molecule has 0 aromatic carbocycles. The van der Waals surface area contributed by atoms with Gasteiger partial charge in [-0.2, -0.15) is 0 Å². The molecule has 1 amide bonds. The third-order valence-corrected chi connectivity index (χ3v) is 1.98. The average molecular weight is 215 g/mol. The fourth-order valence-electron chi connectivity index (χ4n) is 1.19. The fraction of sp³-hybridized carbons (Fsp3) is 0. The Morgan fingerprint density at radius 3 is 2.56 bits per heavy atom. The van der Waals surface area contributed by atoms with Crippen LogP contribution >= 0.6 is 0 Å². The number of hydrogen-bond donors (Lipinski definition) is 2. The number of pyridine rings is 2. The van der Waals surface area contributed by atoms with Crippen molar-refractivity contribution < 1.29 is 4.79 Å². The molecule has 0 saturated carbocycles. The summed E-state index contributed by atoms with van der Waals surface area (Å²) in [5, 5.41) is 2.65. The molecule has 2 aromatic heterocycles. The number of amides is 1. The van der Waals surface area contributed by atoms with Crippen LogP contribution in [0.25, 0.3) is 0 Å². The number of nitrogens with zero attached hydrogens (tertiary/aromatic N) is 1. The van der Waals surface area contributed by atoms with Crippen molar-refractivity contribution in [2.45, 2.75) is 0 Å². The van der Waals surface area contributed by atoms with Gasteiger partial charge >= 0.3 is 0 Å². The number of aromatic amines is 1. The minimum atomic E-state index is -0.241. The molecular weight excluding hydrogens is 206 g/mol. The van der Waals surface area contributed by atoms with Gasteiger partial charge in [-0.1, -0.05) is 0 Å². The summed E-state index contributed by atoms with van der Waals surface area (Å²) < 4.78 is 0. The Bertz CT molecular complexity index is 528. The molecule has 0 aliphatic carbocycles. The van der Waals surface area contributed by atoms with E-state index in [2.05, 4.69) is 15.3 Å². The lowest BCUT2D eigenvalue weighted by Crippen LogP contribution is -2.13. The Morgan fingerprint density at radius 2 is 1.94 bits per heavy atom. The molecule has 0 saturated heterocycles. The summed E-state index contributed by atoms with van der Waals surface area (Å²) in [5.41, 5.74) is 0.851. The topological polar surface area (TPSA) is 74.8 Å².